The molecule has 1 aromatic rings. The molecule has 0 aromatic heterocycles. The highest BCUT2D eigenvalue weighted by Gasteiger charge is 1.96. The number of hydrogen-bond acceptors (Lipinski definition) is 2. The second-order valence-electron chi connectivity index (χ2n) is 3.92. The molecule has 1 heterocycles. The zero-order valence-electron chi connectivity index (χ0n) is 9.61. The maximum Gasteiger partial charge on any atom is 0.0823 e. The van der Waals surface area contributed by atoms with Gasteiger partial charge in [-0.3, -0.25) is 0 Å². The van der Waals surface area contributed by atoms with Crippen LogP contribution in [0.5, 0.6) is 0 Å². The molecule has 1 aromatic carbocycles. The Kier molecular flexibility index (Phi) is 6.05. The summed E-state index contributed by atoms with van der Waals surface area (Å²) in [5.41, 5.74) is 1.41. The van der Waals surface area contributed by atoms with E-state index in [1.165, 1.54) is 5.56 Å². The zero-order valence-corrected chi connectivity index (χ0v) is 9.61. The summed E-state index contributed by atoms with van der Waals surface area (Å²) in [6, 6.07) is 10.5. The third kappa shape index (κ3) is 5.55. The molecule has 0 spiro atoms. The average molecular weight is 208 g/mol. The molecule has 0 amide bonds. The van der Waals surface area contributed by atoms with Gasteiger partial charge in [-0.1, -0.05) is 44.2 Å². The molecule has 1 aliphatic rings. The highest BCUT2D eigenvalue weighted by molar-refractivity contribution is 5.17. The van der Waals surface area contributed by atoms with Crippen LogP contribution in [0, 0.1) is 0 Å². The van der Waals surface area contributed by atoms with E-state index in [4.69, 9.17) is 0 Å². The van der Waals surface area contributed by atoms with Gasteiger partial charge in [0.2, 0.25) is 0 Å². The van der Waals surface area contributed by atoms with Gasteiger partial charge in [0.15, 0.2) is 0 Å². The molecule has 1 fully saturated rings. The normalized spacial score (nSPS) is 15.7. The molecule has 0 unspecified atom stereocenters. The van der Waals surface area contributed by atoms with Crippen molar-refractivity contribution in [2.75, 3.05) is 13.2 Å². The van der Waals surface area contributed by atoms with Gasteiger partial charge in [0.1, 0.15) is 0 Å². The second kappa shape index (κ2) is 7.43. The van der Waals surface area contributed by atoms with Crippen molar-refractivity contribution in [2.24, 2.45) is 0 Å². The van der Waals surface area contributed by atoms with Gasteiger partial charge in [0.25, 0.3) is 0 Å². The van der Waals surface area contributed by atoms with Crippen molar-refractivity contribution >= 4 is 0 Å². The summed E-state index contributed by atoms with van der Waals surface area (Å²) >= 11 is 0. The fourth-order valence-corrected chi connectivity index (χ4v) is 1.28. The van der Waals surface area contributed by atoms with Crippen LogP contribution in [0.25, 0.3) is 0 Å². The maximum atomic E-state index is 4.57. The Labute approximate surface area is 92.1 Å². The summed E-state index contributed by atoms with van der Waals surface area (Å²) in [7, 11) is 0. The minimum Gasteiger partial charge on any atom is -0.237 e. The van der Waals surface area contributed by atoms with E-state index in [2.05, 4.69) is 47.9 Å². The van der Waals surface area contributed by atoms with Crippen LogP contribution in [0.1, 0.15) is 38.2 Å². The van der Waals surface area contributed by atoms with E-state index in [-0.39, 0.29) is 0 Å². The van der Waals surface area contributed by atoms with Gasteiger partial charge in [-0.2, -0.15) is 0 Å². The lowest BCUT2D eigenvalue weighted by Gasteiger charge is -2.07. The predicted octanol–water partition coefficient (Wildman–Crippen LogP) is 3.54. The van der Waals surface area contributed by atoms with Crippen LogP contribution in [0.15, 0.2) is 30.3 Å². The van der Waals surface area contributed by atoms with E-state index in [0.717, 1.165) is 26.1 Å². The summed E-state index contributed by atoms with van der Waals surface area (Å²) in [6.07, 6.45) is 2.31. The van der Waals surface area contributed by atoms with Crippen molar-refractivity contribution in [1.29, 1.82) is 0 Å². The fourth-order valence-electron chi connectivity index (χ4n) is 1.28. The molecule has 1 saturated heterocycles. The Morgan fingerprint density at radius 2 is 1.47 bits per heavy atom. The third-order valence-corrected chi connectivity index (χ3v) is 2.25. The van der Waals surface area contributed by atoms with Crippen LogP contribution in [0.3, 0.4) is 0 Å². The fraction of sp³-hybridized carbons (Fsp3) is 0.538. The van der Waals surface area contributed by atoms with Crippen molar-refractivity contribution < 1.29 is 9.78 Å². The highest BCUT2D eigenvalue weighted by atomic mass is 17.2. The zero-order chi connectivity index (χ0) is 10.9. The van der Waals surface area contributed by atoms with Gasteiger partial charge in [0.05, 0.1) is 13.2 Å². The molecule has 0 N–H and O–H groups in total. The van der Waals surface area contributed by atoms with E-state index in [1.54, 1.807) is 0 Å². The van der Waals surface area contributed by atoms with E-state index in [0.29, 0.717) is 5.92 Å². The number of rotatable bonds is 1. The Bertz CT molecular complexity index is 228. The highest BCUT2D eigenvalue weighted by Crippen LogP contribution is 2.11. The molecule has 2 heteroatoms. The van der Waals surface area contributed by atoms with Gasteiger partial charge >= 0.3 is 0 Å². The molecule has 1 aliphatic heterocycles. The number of hydrogen-bond donors (Lipinski definition) is 0. The SMILES string of the molecule is C1CCOOC1.CC(C)c1ccccc1. The quantitative estimate of drug-likeness (QED) is 0.657. The molecule has 0 atom stereocenters. The van der Waals surface area contributed by atoms with Crippen LogP contribution >= 0.6 is 0 Å². The van der Waals surface area contributed by atoms with E-state index < -0.39 is 0 Å². The topological polar surface area (TPSA) is 18.5 Å². The molecular formula is C13H20O2. The lowest BCUT2D eigenvalue weighted by atomic mass is 10.0. The Hall–Kier alpha value is -0.860. The van der Waals surface area contributed by atoms with Crippen molar-refractivity contribution in [3.05, 3.63) is 35.9 Å². The maximum absolute atomic E-state index is 4.57. The lowest BCUT2D eigenvalue weighted by Crippen LogP contribution is -2.05. The molecule has 0 saturated carbocycles. The second-order valence-corrected chi connectivity index (χ2v) is 3.92. The number of benzene rings is 1. The van der Waals surface area contributed by atoms with Gasteiger partial charge in [-0.25, -0.2) is 9.78 Å². The third-order valence-electron chi connectivity index (χ3n) is 2.25. The molecule has 0 aliphatic carbocycles. The molecule has 15 heavy (non-hydrogen) atoms. The van der Waals surface area contributed by atoms with Crippen LogP contribution in [0.2, 0.25) is 0 Å². The molecule has 2 nitrogen and oxygen atoms in total. The molecular weight excluding hydrogens is 188 g/mol. The van der Waals surface area contributed by atoms with Crippen molar-refractivity contribution in [3.63, 3.8) is 0 Å². The first kappa shape index (κ1) is 12.2. The summed E-state index contributed by atoms with van der Waals surface area (Å²) < 4.78 is 0. The van der Waals surface area contributed by atoms with Crippen molar-refractivity contribution in [3.8, 4) is 0 Å². The molecule has 0 bridgehead atoms. The molecule has 0 radical (unpaired) electrons. The molecule has 2 rings (SSSR count). The standard InChI is InChI=1S/C9H12.C4H8O2/c1-8(2)9-6-4-3-5-7-9;1-2-4-6-5-3-1/h3-8H,1-2H3;1-4H2. The Morgan fingerprint density at radius 1 is 0.933 bits per heavy atom. The largest absolute Gasteiger partial charge is 0.237 e. The first-order chi connectivity index (χ1) is 7.30. The van der Waals surface area contributed by atoms with Gasteiger partial charge < -0.3 is 0 Å². The summed E-state index contributed by atoms with van der Waals surface area (Å²) in [5.74, 6) is 0.659. The van der Waals surface area contributed by atoms with Gasteiger partial charge in [-0.05, 0) is 24.3 Å². The van der Waals surface area contributed by atoms with E-state index in [9.17, 15) is 0 Å². The monoisotopic (exact) mass is 208 g/mol. The van der Waals surface area contributed by atoms with E-state index in [1.807, 2.05) is 6.07 Å². The van der Waals surface area contributed by atoms with E-state index >= 15 is 0 Å². The average Bonchev–Trinajstić information content (AvgIpc) is 2.33. The van der Waals surface area contributed by atoms with Crippen molar-refractivity contribution in [1.82, 2.24) is 0 Å². The molecule has 84 valence electrons. The Balaban J connectivity index is 0.000000162. The minimum atomic E-state index is 0.659. The van der Waals surface area contributed by atoms with Crippen LogP contribution < -0.4 is 0 Å². The van der Waals surface area contributed by atoms with Crippen LogP contribution in [-0.2, 0) is 9.78 Å². The summed E-state index contributed by atoms with van der Waals surface area (Å²) in [6.45, 7) is 5.96. The first-order valence-corrected chi connectivity index (χ1v) is 5.60. The minimum absolute atomic E-state index is 0.659. The van der Waals surface area contributed by atoms with Gasteiger partial charge in [0, 0.05) is 0 Å². The van der Waals surface area contributed by atoms with Crippen molar-refractivity contribution in [2.45, 2.75) is 32.6 Å². The van der Waals surface area contributed by atoms with Crippen LogP contribution in [0.4, 0.5) is 0 Å². The summed E-state index contributed by atoms with van der Waals surface area (Å²) in [5, 5.41) is 0. The first-order valence-electron chi connectivity index (χ1n) is 5.60. The van der Waals surface area contributed by atoms with Crippen LogP contribution in [-0.4, -0.2) is 13.2 Å². The Morgan fingerprint density at radius 3 is 1.73 bits per heavy atom. The lowest BCUT2D eigenvalue weighted by molar-refractivity contribution is -0.312. The summed E-state index contributed by atoms with van der Waals surface area (Å²) in [4.78, 5) is 9.14. The smallest absolute Gasteiger partial charge is 0.0823 e. The predicted molar refractivity (Wildman–Crippen MR) is 61.7 cm³/mol. The van der Waals surface area contributed by atoms with Gasteiger partial charge in [-0.15, -0.1) is 0 Å².